The lowest BCUT2D eigenvalue weighted by molar-refractivity contribution is -0.192. The van der Waals surface area contributed by atoms with E-state index in [9.17, 15) is 18.0 Å². The zero-order chi connectivity index (χ0) is 31.7. The van der Waals surface area contributed by atoms with Crippen LogP contribution in [0.25, 0.3) is 10.6 Å². The Morgan fingerprint density at radius 3 is 2.66 bits per heavy atom. The number of aliphatic carboxylic acids is 1. The van der Waals surface area contributed by atoms with Gasteiger partial charge >= 0.3 is 12.1 Å². The number of hydrogen-bond acceptors (Lipinski definition) is 9. The second-order valence-corrected chi connectivity index (χ2v) is 10.9. The second kappa shape index (κ2) is 14.9. The van der Waals surface area contributed by atoms with Crippen molar-refractivity contribution in [3.05, 3.63) is 82.0 Å². The zero-order valence-electron chi connectivity index (χ0n) is 23.3. The van der Waals surface area contributed by atoms with Gasteiger partial charge in [0.05, 0.1) is 11.2 Å². The first-order valence-corrected chi connectivity index (χ1v) is 14.6. The van der Waals surface area contributed by atoms with Gasteiger partial charge < -0.3 is 25.8 Å². The van der Waals surface area contributed by atoms with Crippen molar-refractivity contribution in [1.82, 2.24) is 25.6 Å². The normalized spacial score (nSPS) is 14.6. The number of carboxylic acid groups (broad SMARTS) is 1. The summed E-state index contributed by atoms with van der Waals surface area (Å²) < 4.78 is 37.9. The average Bonchev–Trinajstić information content (AvgIpc) is 3.46. The Hall–Kier alpha value is -4.27. The maximum atomic E-state index is 12.8. The molecular weight excluding hydrogens is 621 g/mol. The number of alkyl halides is 3. The highest BCUT2D eigenvalue weighted by Crippen LogP contribution is 2.36. The second-order valence-electron chi connectivity index (χ2n) is 9.60. The summed E-state index contributed by atoms with van der Waals surface area (Å²) in [5.74, 6) is -1.40. The molecule has 4 N–H and O–H groups in total. The molecule has 2 aromatic heterocycles. The number of piperidine rings is 1. The number of hydrogen-bond donors (Lipinski definition) is 4. The number of carbonyl (C=O) groups is 2. The van der Waals surface area contributed by atoms with Gasteiger partial charge in [0.25, 0.3) is 5.91 Å². The summed E-state index contributed by atoms with van der Waals surface area (Å²) >= 11 is 7.65. The SMILES string of the molecule is Cc1ccc(C(=O)NCc2ccccc2Cl)cc1Oc1ncsc1-c1ccnc(N[C@H]2CCCNC2)n1.O=C(O)C(F)(F)F. The third-order valence-corrected chi connectivity index (χ3v) is 7.55. The first-order valence-electron chi connectivity index (χ1n) is 13.4. The minimum atomic E-state index is -5.08. The van der Waals surface area contributed by atoms with Gasteiger partial charge in [-0.05, 0) is 61.7 Å². The van der Waals surface area contributed by atoms with E-state index in [-0.39, 0.29) is 5.91 Å². The van der Waals surface area contributed by atoms with Gasteiger partial charge in [-0.2, -0.15) is 13.2 Å². The Balaban J connectivity index is 0.000000566. The van der Waals surface area contributed by atoms with Crippen molar-refractivity contribution in [2.75, 3.05) is 18.4 Å². The van der Waals surface area contributed by atoms with Crippen molar-refractivity contribution in [3.8, 4) is 22.2 Å². The fraction of sp³-hybridized carbons (Fsp3) is 0.276. The van der Waals surface area contributed by atoms with Crippen LogP contribution in [0.2, 0.25) is 5.02 Å². The molecule has 44 heavy (non-hydrogen) atoms. The minimum Gasteiger partial charge on any atom is -0.475 e. The molecule has 1 amide bonds. The summed E-state index contributed by atoms with van der Waals surface area (Å²) in [4.78, 5) is 36.0. The number of nitrogens with one attached hydrogen (secondary N) is 3. The monoisotopic (exact) mass is 648 g/mol. The number of aromatic nitrogens is 3. The molecule has 0 saturated carbocycles. The van der Waals surface area contributed by atoms with Gasteiger partial charge in [-0.25, -0.2) is 19.7 Å². The van der Waals surface area contributed by atoms with Gasteiger partial charge in [-0.3, -0.25) is 4.79 Å². The number of benzene rings is 2. The van der Waals surface area contributed by atoms with E-state index in [0.29, 0.717) is 40.8 Å². The van der Waals surface area contributed by atoms with Crippen molar-refractivity contribution in [1.29, 1.82) is 0 Å². The van der Waals surface area contributed by atoms with E-state index in [2.05, 4.69) is 25.9 Å². The molecule has 0 bridgehead atoms. The number of nitrogens with zero attached hydrogens (tertiary/aromatic N) is 3. The number of carboxylic acids is 1. The summed E-state index contributed by atoms with van der Waals surface area (Å²) in [5.41, 5.74) is 4.67. The summed E-state index contributed by atoms with van der Waals surface area (Å²) in [6.45, 7) is 4.20. The molecule has 1 saturated heterocycles. The highest BCUT2D eigenvalue weighted by molar-refractivity contribution is 7.13. The van der Waals surface area contributed by atoms with Crippen LogP contribution >= 0.6 is 22.9 Å². The van der Waals surface area contributed by atoms with Gasteiger partial charge in [0.15, 0.2) is 0 Å². The summed E-state index contributed by atoms with van der Waals surface area (Å²) in [7, 11) is 0. The van der Waals surface area contributed by atoms with Gasteiger partial charge in [-0.15, -0.1) is 11.3 Å². The Morgan fingerprint density at radius 1 is 1.18 bits per heavy atom. The molecule has 0 spiro atoms. The van der Waals surface area contributed by atoms with E-state index in [0.717, 1.165) is 47.6 Å². The number of halogens is 4. The van der Waals surface area contributed by atoms with Gasteiger partial charge in [0, 0.05) is 35.9 Å². The Kier molecular flexibility index (Phi) is 11.1. The third kappa shape index (κ3) is 9.11. The predicted molar refractivity (Wildman–Crippen MR) is 160 cm³/mol. The molecule has 2 aromatic carbocycles. The highest BCUT2D eigenvalue weighted by Gasteiger charge is 2.38. The van der Waals surface area contributed by atoms with Gasteiger partial charge in [-0.1, -0.05) is 35.9 Å². The molecule has 232 valence electrons. The van der Waals surface area contributed by atoms with Gasteiger partial charge in [0.1, 0.15) is 10.6 Å². The Bertz CT molecular complexity index is 1600. The Labute approximate surface area is 259 Å². The molecule has 0 radical (unpaired) electrons. The first-order chi connectivity index (χ1) is 21.0. The van der Waals surface area contributed by atoms with E-state index in [4.69, 9.17) is 31.2 Å². The Morgan fingerprint density at radius 2 is 1.95 bits per heavy atom. The maximum Gasteiger partial charge on any atom is 0.490 e. The molecule has 10 nitrogen and oxygen atoms in total. The molecule has 4 aromatic rings. The third-order valence-electron chi connectivity index (χ3n) is 6.35. The van der Waals surface area contributed by atoms with Crippen LogP contribution in [0, 0.1) is 6.92 Å². The molecule has 5 rings (SSSR count). The number of aryl methyl sites for hydroxylation is 1. The molecule has 1 atom stereocenters. The number of carbonyl (C=O) groups excluding carboxylic acids is 1. The predicted octanol–water partition coefficient (Wildman–Crippen LogP) is 6.08. The molecule has 3 heterocycles. The van der Waals surface area contributed by atoms with Crippen LogP contribution in [-0.2, 0) is 11.3 Å². The fourth-order valence-corrected chi connectivity index (χ4v) is 4.95. The number of amides is 1. The van der Waals surface area contributed by atoms with Crippen molar-refractivity contribution in [3.63, 3.8) is 0 Å². The van der Waals surface area contributed by atoms with Crippen LogP contribution in [0.5, 0.6) is 11.6 Å². The number of anilines is 1. The lowest BCUT2D eigenvalue weighted by Crippen LogP contribution is -2.38. The molecule has 15 heteroatoms. The van der Waals surface area contributed by atoms with Crippen molar-refractivity contribution in [2.24, 2.45) is 0 Å². The lowest BCUT2D eigenvalue weighted by Gasteiger charge is -2.23. The van der Waals surface area contributed by atoms with Gasteiger partial charge in [0.2, 0.25) is 11.8 Å². The van der Waals surface area contributed by atoms with Crippen molar-refractivity contribution in [2.45, 2.75) is 38.5 Å². The van der Waals surface area contributed by atoms with Crippen LogP contribution in [0.15, 0.2) is 60.2 Å². The first kappa shape index (κ1) is 32.6. The fourth-order valence-electron chi connectivity index (χ4n) is 4.07. The standard InChI is InChI=1S/C27H27ClN6O2S.C2HF3O2/c1-17-8-9-18(25(35)31-14-19-5-2-3-7-21(19)28)13-23(17)36-26-24(37-16-32-26)22-10-12-30-27(34-22)33-20-6-4-11-29-15-20;3-2(4,5)1(6)7/h2-3,5,7-10,12-13,16,20,29H,4,6,11,14-15H2,1H3,(H,31,35)(H,30,33,34);(H,6,7)/t20-;/m0./s1. The van der Waals surface area contributed by atoms with Crippen LogP contribution in [0.3, 0.4) is 0 Å². The lowest BCUT2D eigenvalue weighted by atomic mass is 10.1. The molecule has 0 aliphatic carbocycles. The van der Waals surface area contributed by atoms with Crippen LogP contribution < -0.4 is 20.7 Å². The smallest absolute Gasteiger partial charge is 0.475 e. The van der Waals surface area contributed by atoms with E-state index in [1.165, 1.54) is 11.3 Å². The molecular formula is C29H28ClF3N6O4S. The number of ether oxygens (including phenoxy) is 1. The van der Waals surface area contributed by atoms with Crippen molar-refractivity contribution >= 4 is 40.8 Å². The largest absolute Gasteiger partial charge is 0.490 e. The van der Waals surface area contributed by atoms with E-state index in [1.54, 1.807) is 29.9 Å². The van der Waals surface area contributed by atoms with E-state index >= 15 is 0 Å². The van der Waals surface area contributed by atoms with E-state index in [1.807, 2.05) is 37.3 Å². The van der Waals surface area contributed by atoms with Crippen molar-refractivity contribution < 1.29 is 32.6 Å². The summed E-state index contributed by atoms with van der Waals surface area (Å²) in [6, 6.07) is 14.9. The highest BCUT2D eigenvalue weighted by atomic mass is 35.5. The zero-order valence-corrected chi connectivity index (χ0v) is 24.9. The molecule has 1 fully saturated rings. The topological polar surface area (TPSA) is 138 Å². The van der Waals surface area contributed by atoms with Crippen LogP contribution in [0.1, 0.15) is 34.3 Å². The van der Waals surface area contributed by atoms with E-state index < -0.39 is 12.1 Å². The maximum absolute atomic E-state index is 12.8. The quantitative estimate of drug-likeness (QED) is 0.179. The average molecular weight is 649 g/mol. The summed E-state index contributed by atoms with van der Waals surface area (Å²) in [6.07, 6.45) is -1.14. The number of thiazole rings is 1. The minimum absolute atomic E-state index is 0.216. The molecule has 1 aliphatic heterocycles. The number of rotatable bonds is 8. The van der Waals surface area contributed by atoms with Crippen LogP contribution in [-0.4, -0.2) is 57.2 Å². The van der Waals surface area contributed by atoms with Crippen LogP contribution in [0.4, 0.5) is 19.1 Å². The molecule has 0 unspecified atom stereocenters. The molecule has 1 aliphatic rings. The summed E-state index contributed by atoms with van der Waals surface area (Å²) in [5, 5.41) is 17.5.